The molecule has 0 bridgehead atoms. The Hall–Kier alpha value is -4.69. The molecule has 3 heterocycles. The van der Waals surface area contributed by atoms with Crippen molar-refractivity contribution in [2.45, 2.75) is 32.0 Å². The lowest BCUT2D eigenvalue weighted by Gasteiger charge is -2.37. The van der Waals surface area contributed by atoms with E-state index < -0.39 is 6.04 Å². The minimum Gasteiger partial charge on any atom is -0.378 e. The van der Waals surface area contributed by atoms with Crippen LogP contribution in [0.15, 0.2) is 97.2 Å². The molecule has 0 aliphatic carbocycles. The van der Waals surface area contributed by atoms with E-state index in [1.165, 1.54) is 5.56 Å². The molecule has 8 nitrogen and oxygen atoms in total. The summed E-state index contributed by atoms with van der Waals surface area (Å²) in [5.41, 5.74) is 6.25. The van der Waals surface area contributed by atoms with Gasteiger partial charge in [-0.25, -0.2) is 0 Å². The lowest BCUT2D eigenvalue weighted by atomic mass is 9.97. The number of fused-ring (bicyclic) bond motifs is 1. The summed E-state index contributed by atoms with van der Waals surface area (Å²) >= 11 is 0. The smallest absolute Gasteiger partial charge is 0.247 e. The van der Waals surface area contributed by atoms with E-state index in [9.17, 15) is 9.59 Å². The number of carbonyl (C=O) groups is 2. The van der Waals surface area contributed by atoms with Crippen LogP contribution in [0, 0.1) is 0 Å². The quantitative estimate of drug-likeness (QED) is 0.269. The predicted molar refractivity (Wildman–Crippen MR) is 172 cm³/mol. The fraction of sp³-hybridized carbons (Fsp3) is 0.306. The molecule has 1 saturated heterocycles. The van der Waals surface area contributed by atoms with Gasteiger partial charge in [0.2, 0.25) is 11.8 Å². The Morgan fingerprint density at radius 1 is 0.886 bits per heavy atom. The molecule has 0 saturated carbocycles. The van der Waals surface area contributed by atoms with E-state index in [0.29, 0.717) is 31.7 Å². The van der Waals surface area contributed by atoms with E-state index in [1.807, 2.05) is 66.7 Å². The number of aromatic nitrogens is 2. The van der Waals surface area contributed by atoms with Crippen molar-refractivity contribution in [2.24, 2.45) is 7.05 Å². The summed E-state index contributed by atoms with van der Waals surface area (Å²) in [5.74, 6) is -0.257. The summed E-state index contributed by atoms with van der Waals surface area (Å²) in [6.45, 7) is 4.63. The van der Waals surface area contributed by atoms with Crippen LogP contribution in [-0.4, -0.2) is 70.3 Å². The van der Waals surface area contributed by atoms with Crippen LogP contribution in [0.2, 0.25) is 0 Å². The normalized spacial score (nSPS) is 15.7. The lowest BCUT2D eigenvalue weighted by molar-refractivity contribution is -0.144. The predicted octanol–water partition coefficient (Wildman–Crippen LogP) is 4.49. The van der Waals surface area contributed by atoms with Gasteiger partial charge in [0.15, 0.2) is 0 Å². The van der Waals surface area contributed by atoms with Crippen LogP contribution in [0.1, 0.15) is 27.9 Å². The largest absolute Gasteiger partial charge is 0.378 e. The molecule has 6 rings (SSSR count). The Morgan fingerprint density at radius 3 is 2.34 bits per heavy atom. The molecule has 0 N–H and O–H groups in total. The number of hydrogen-bond acceptors (Lipinski definition) is 5. The van der Waals surface area contributed by atoms with Gasteiger partial charge in [0.1, 0.15) is 6.04 Å². The number of morpholine rings is 1. The zero-order valence-electron chi connectivity index (χ0n) is 25.2. The van der Waals surface area contributed by atoms with Crippen molar-refractivity contribution >= 4 is 23.6 Å². The van der Waals surface area contributed by atoms with E-state index >= 15 is 0 Å². The number of nitrogens with zero attached hydrogens (tertiary/aromatic N) is 5. The molecule has 2 aliphatic rings. The van der Waals surface area contributed by atoms with Gasteiger partial charge in [-0.05, 0) is 52.9 Å². The van der Waals surface area contributed by atoms with Crippen LogP contribution < -0.4 is 4.90 Å². The van der Waals surface area contributed by atoms with Gasteiger partial charge in [-0.15, -0.1) is 0 Å². The second-order valence-corrected chi connectivity index (χ2v) is 11.5. The van der Waals surface area contributed by atoms with Gasteiger partial charge in [-0.1, -0.05) is 66.7 Å². The summed E-state index contributed by atoms with van der Waals surface area (Å²) < 4.78 is 7.22. The van der Waals surface area contributed by atoms with Gasteiger partial charge >= 0.3 is 0 Å². The van der Waals surface area contributed by atoms with Gasteiger partial charge < -0.3 is 19.4 Å². The van der Waals surface area contributed by atoms with Crippen molar-refractivity contribution in [3.8, 4) is 0 Å². The number of amides is 2. The molecule has 2 amide bonds. The van der Waals surface area contributed by atoms with Gasteiger partial charge in [-0.2, -0.15) is 5.10 Å². The Morgan fingerprint density at radius 2 is 1.61 bits per heavy atom. The van der Waals surface area contributed by atoms with E-state index in [0.717, 1.165) is 55.1 Å². The SMILES string of the molecule is Cn1ccc(C=CC(=O)N(Cc2ccc(N3CCOCC3)cc2)C(Cc2ccccc2)C(=O)N2CCc3ccccc3C2)n1. The maximum Gasteiger partial charge on any atom is 0.247 e. The van der Waals surface area contributed by atoms with E-state index in [1.54, 1.807) is 21.7 Å². The zero-order valence-corrected chi connectivity index (χ0v) is 25.2. The van der Waals surface area contributed by atoms with Gasteiger partial charge in [-0.3, -0.25) is 14.3 Å². The molecule has 1 fully saturated rings. The molecule has 3 aromatic carbocycles. The van der Waals surface area contributed by atoms with Gasteiger partial charge in [0.05, 0.1) is 18.9 Å². The first-order valence-electron chi connectivity index (χ1n) is 15.3. The number of anilines is 1. The molecular weight excluding hydrogens is 550 g/mol. The number of benzene rings is 3. The highest BCUT2D eigenvalue weighted by Crippen LogP contribution is 2.24. The highest BCUT2D eigenvalue weighted by Gasteiger charge is 2.34. The minimum absolute atomic E-state index is 0.0344. The number of aryl methyl sites for hydroxylation is 1. The van der Waals surface area contributed by atoms with Crippen LogP contribution in [-0.2, 0) is 47.3 Å². The lowest BCUT2D eigenvalue weighted by Crippen LogP contribution is -2.52. The Bertz CT molecular complexity index is 1590. The highest BCUT2D eigenvalue weighted by atomic mass is 16.5. The molecule has 1 atom stereocenters. The van der Waals surface area contributed by atoms with Crippen LogP contribution in [0.3, 0.4) is 0 Å². The molecule has 0 spiro atoms. The van der Waals surface area contributed by atoms with Crippen molar-refractivity contribution in [3.05, 3.63) is 125 Å². The fourth-order valence-corrected chi connectivity index (χ4v) is 6.01. The first-order chi connectivity index (χ1) is 21.5. The highest BCUT2D eigenvalue weighted by molar-refractivity contribution is 5.95. The summed E-state index contributed by atoms with van der Waals surface area (Å²) in [6, 6.07) is 27.8. The maximum atomic E-state index is 14.5. The zero-order chi connectivity index (χ0) is 30.3. The second kappa shape index (κ2) is 13.7. The van der Waals surface area contributed by atoms with Crippen LogP contribution in [0.25, 0.3) is 6.08 Å². The monoisotopic (exact) mass is 589 g/mol. The Balaban J connectivity index is 1.32. The molecule has 2 aliphatic heterocycles. The molecule has 4 aromatic rings. The maximum absolute atomic E-state index is 14.5. The van der Waals surface area contributed by atoms with E-state index in [4.69, 9.17) is 4.74 Å². The molecule has 1 unspecified atom stereocenters. The first-order valence-corrected chi connectivity index (χ1v) is 15.3. The van der Waals surface area contributed by atoms with Crippen molar-refractivity contribution in [2.75, 3.05) is 37.7 Å². The van der Waals surface area contributed by atoms with E-state index in [-0.39, 0.29) is 11.8 Å². The summed E-state index contributed by atoms with van der Waals surface area (Å²) in [7, 11) is 1.84. The fourth-order valence-electron chi connectivity index (χ4n) is 6.01. The number of carbonyl (C=O) groups excluding carboxylic acids is 2. The minimum atomic E-state index is -0.678. The molecule has 44 heavy (non-hydrogen) atoms. The van der Waals surface area contributed by atoms with Crippen molar-refractivity contribution in [1.29, 1.82) is 0 Å². The van der Waals surface area contributed by atoms with Gasteiger partial charge in [0, 0.05) is 64.2 Å². The van der Waals surface area contributed by atoms with Crippen molar-refractivity contribution in [1.82, 2.24) is 19.6 Å². The standard InChI is InChI=1S/C36H39N5O3/c1-38-19-18-32(37-38)13-16-35(42)41(26-29-11-14-33(15-12-29)39-21-23-44-24-22-39)34(25-28-7-3-2-4-8-28)36(43)40-20-17-30-9-5-6-10-31(30)27-40/h2-16,18-19,34H,17,20-27H2,1H3. The summed E-state index contributed by atoms with van der Waals surface area (Å²) in [4.78, 5) is 34.5. The molecule has 0 radical (unpaired) electrons. The van der Waals surface area contributed by atoms with Crippen LogP contribution >= 0.6 is 0 Å². The number of ether oxygens (including phenoxy) is 1. The average molecular weight is 590 g/mol. The first kappa shape index (κ1) is 29.4. The molecular formula is C36H39N5O3. The van der Waals surface area contributed by atoms with Crippen LogP contribution in [0.4, 0.5) is 5.69 Å². The van der Waals surface area contributed by atoms with Crippen molar-refractivity contribution in [3.63, 3.8) is 0 Å². The summed E-state index contributed by atoms with van der Waals surface area (Å²) in [5, 5.41) is 4.39. The summed E-state index contributed by atoms with van der Waals surface area (Å²) in [6.07, 6.45) is 6.33. The molecule has 8 heteroatoms. The second-order valence-electron chi connectivity index (χ2n) is 11.5. The van der Waals surface area contributed by atoms with E-state index in [2.05, 4.69) is 46.4 Å². The topological polar surface area (TPSA) is 70.9 Å². The number of hydrogen-bond donors (Lipinski definition) is 0. The third-order valence-electron chi connectivity index (χ3n) is 8.45. The third kappa shape index (κ3) is 7.09. The molecule has 1 aromatic heterocycles. The molecule has 226 valence electrons. The van der Waals surface area contributed by atoms with Gasteiger partial charge in [0.25, 0.3) is 0 Å². The number of rotatable bonds is 9. The Kier molecular flexibility index (Phi) is 9.17. The Labute approximate surface area is 259 Å². The average Bonchev–Trinajstić information content (AvgIpc) is 3.50. The van der Waals surface area contributed by atoms with Crippen molar-refractivity contribution < 1.29 is 14.3 Å². The van der Waals surface area contributed by atoms with Crippen LogP contribution in [0.5, 0.6) is 0 Å². The third-order valence-corrected chi connectivity index (χ3v) is 8.45.